The Labute approximate surface area is 123 Å². The molecule has 1 N–H and O–H groups in total. The molecule has 0 amide bonds. The number of anilines is 1. The van der Waals surface area contributed by atoms with Crippen molar-refractivity contribution < 1.29 is 0 Å². The average Bonchev–Trinajstić information content (AvgIpc) is 2.45. The summed E-state index contributed by atoms with van der Waals surface area (Å²) >= 11 is 0. The molecule has 0 aliphatic carbocycles. The fraction of sp³-hybridized carbons (Fsp3) is 0.706. The minimum atomic E-state index is 0.814. The average molecular weight is 275 g/mol. The number of hydrogen-bond acceptors (Lipinski definition) is 3. The van der Waals surface area contributed by atoms with Gasteiger partial charge in [0.25, 0.3) is 0 Å². The zero-order chi connectivity index (χ0) is 14.5. The van der Waals surface area contributed by atoms with E-state index in [2.05, 4.69) is 44.0 Å². The van der Waals surface area contributed by atoms with Crippen molar-refractivity contribution in [2.45, 2.75) is 47.1 Å². The molecular formula is C17H29N3. The first-order valence-electron chi connectivity index (χ1n) is 8.03. The molecule has 0 atom stereocenters. The van der Waals surface area contributed by atoms with Gasteiger partial charge in [-0.15, -0.1) is 0 Å². The summed E-state index contributed by atoms with van der Waals surface area (Å²) in [6.45, 7) is 13.2. The Morgan fingerprint density at radius 2 is 2.05 bits per heavy atom. The first-order chi connectivity index (χ1) is 9.61. The summed E-state index contributed by atoms with van der Waals surface area (Å²) < 4.78 is 0. The van der Waals surface area contributed by atoms with Crippen molar-refractivity contribution in [1.29, 1.82) is 0 Å². The Balaban J connectivity index is 1.99. The topological polar surface area (TPSA) is 28.2 Å². The highest BCUT2D eigenvalue weighted by atomic mass is 15.2. The van der Waals surface area contributed by atoms with E-state index in [4.69, 9.17) is 4.98 Å². The predicted octanol–water partition coefficient (Wildman–Crippen LogP) is 3.37. The molecule has 0 unspecified atom stereocenters. The number of nitrogens with zero attached hydrogens (tertiary/aromatic N) is 2. The van der Waals surface area contributed by atoms with Crippen LogP contribution in [0.25, 0.3) is 0 Å². The van der Waals surface area contributed by atoms with E-state index in [1.54, 1.807) is 0 Å². The summed E-state index contributed by atoms with van der Waals surface area (Å²) in [4.78, 5) is 7.17. The third kappa shape index (κ3) is 3.72. The smallest absolute Gasteiger partial charge is 0.131 e. The molecule has 0 aromatic carbocycles. The van der Waals surface area contributed by atoms with Crippen molar-refractivity contribution >= 4 is 5.82 Å². The Morgan fingerprint density at radius 3 is 2.60 bits per heavy atom. The third-order valence-electron chi connectivity index (χ3n) is 4.47. The first-order valence-corrected chi connectivity index (χ1v) is 8.03. The predicted molar refractivity (Wildman–Crippen MR) is 86.1 cm³/mol. The maximum absolute atomic E-state index is 4.71. The molecule has 1 aliphatic heterocycles. The molecule has 0 saturated carbocycles. The van der Waals surface area contributed by atoms with Gasteiger partial charge in [-0.1, -0.05) is 20.8 Å². The summed E-state index contributed by atoms with van der Waals surface area (Å²) in [6, 6.07) is 2.28. The highest BCUT2D eigenvalue weighted by molar-refractivity contribution is 5.47. The molecule has 1 saturated heterocycles. The third-order valence-corrected chi connectivity index (χ3v) is 4.47. The van der Waals surface area contributed by atoms with Gasteiger partial charge in [0.1, 0.15) is 5.82 Å². The van der Waals surface area contributed by atoms with Crippen LogP contribution in [0.1, 0.15) is 44.7 Å². The van der Waals surface area contributed by atoms with E-state index in [-0.39, 0.29) is 0 Å². The Morgan fingerprint density at radius 1 is 1.35 bits per heavy atom. The van der Waals surface area contributed by atoms with Crippen LogP contribution in [0.4, 0.5) is 5.82 Å². The van der Waals surface area contributed by atoms with Gasteiger partial charge in [0.05, 0.1) is 0 Å². The summed E-state index contributed by atoms with van der Waals surface area (Å²) in [6.07, 6.45) is 4.63. The van der Waals surface area contributed by atoms with Gasteiger partial charge in [-0.25, -0.2) is 4.98 Å². The highest BCUT2D eigenvalue weighted by Gasteiger charge is 2.23. The van der Waals surface area contributed by atoms with Gasteiger partial charge in [0, 0.05) is 25.8 Å². The van der Waals surface area contributed by atoms with E-state index < -0.39 is 0 Å². The van der Waals surface area contributed by atoms with Crippen LogP contribution in [-0.2, 0) is 6.54 Å². The maximum atomic E-state index is 4.71. The van der Waals surface area contributed by atoms with Gasteiger partial charge >= 0.3 is 0 Å². The molecule has 0 bridgehead atoms. The molecule has 1 aromatic rings. The van der Waals surface area contributed by atoms with Crippen molar-refractivity contribution in [2.24, 2.45) is 11.8 Å². The fourth-order valence-electron chi connectivity index (χ4n) is 3.10. The zero-order valence-corrected chi connectivity index (χ0v) is 13.4. The van der Waals surface area contributed by atoms with E-state index in [1.807, 2.05) is 6.20 Å². The second-order valence-corrected chi connectivity index (χ2v) is 6.33. The summed E-state index contributed by atoms with van der Waals surface area (Å²) in [7, 11) is 0. The standard InChI is InChI=1S/C17H29N3/c1-5-18-11-15-10-14(4)17(19-12-15)20-8-6-16(7-9-20)13(2)3/h10,12-13,16,18H,5-9,11H2,1-4H3. The lowest BCUT2D eigenvalue weighted by Gasteiger charge is -2.35. The number of pyridine rings is 1. The molecule has 1 aromatic heterocycles. The number of nitrogens with one attached hydrogen (secondary N) is 1. The van der Waals surface area contributed by atoms with Gasteiger partial charge in [0.2, 0.25) is 0 Å². The van der Waals surface area contributed by atoms with Gasteiger partial charge in [-0.05, 0) is 55.3 Å². The summed E-state index contributed by atoms with van der Waals surface area (Å²) in [5.74, 6) is 2.89. The molecule has 1 aliphatic rings. The largest absolute Gasteiger partial charge is 0.356 e. The number of hydrogen-bond donors (Lipinski definition) is 1. The SMILES string of the molecule is CCNCc1cnc(N2CCC(C(C)C)CC2)c(C)c1. The van der Waals surface area contributed by atoms with E-state index in [1.165, 1.54) is 29.8 Å². The van der Waals surface area contributed by atoms with Gasteiger partial charge in [-0.3, -0.25) is 0 Å². The summed E-state index contributed by atoms with van der Waals surface area (Å²) in [5, 5.41) is 3.36. The summed E-state index contributed by atoms with van der Waals surface area (Å²) in [5.41, 5.74) is 2.59. The Kier molecular flexibility index (Phi) is 5.41. The van der Waals surface area contributed by atoms with Crippen LogP contribution in [0.2, 0.25) is 0 Å². The van der Waals surface area contributed by atoms with Crippen molar-refractivity contribution in [3.63, 3.8) is 0 Å². The van der Waals surface area contributed by atoms with E-state index in [0.29, 0.717) is 0 Å². The van der Waals surface area contributed by atoms with E-state index >= 15 is 0 Å². The lowest BCUT2D eigenvalue weighted by Crippen LogP contribution is -2.36. The second kappa shape index (κ2) is 7.07. The molecule has 0 spiro atoms. The lowest BCUT2D eigenvalue weighted by atomic mass is 9.86. The number of rotatable bonds is 5. The van der Waals surface area contributed by atoms with Gasteiger partial charge in [-0.2, -0.15) is 0 Å². The molecule has 112 valence electrons. The van der Waals surface area contributed by atoms with Crippen molar-refractivity contribution in [1.82, 2.24) is 10.3 Å². The monoisotopic (exact) mass is 275 g/mol. The van der Waals surface area contributed by atoms with Crippen LogP contribution in [0.5, 0.6) is 0 Å². The molecule has 2 heterocycles. The minimum absolute atomic E-state index is 0.814. The lowest BCUT2D eigenvalue weighted by molar-refractivity contribution is 0.310. The van der Waals surface area contributed by atoms with Gasteiger partial charge < -0.3 is 10.2 Å². The Bertz CT molecular complexity index is 420. The molecule has 3 heteroatoms. The van der Waals surface area contributed by atoms with Crippen LogP contribution in [0.15, 0.2) is 12.3 Å². The van der Waals surface area contributed by atoms with Crippen molar-refractivity contribution in [3.05, 3.63) is 23.4 Å². The van der Waals surface area contributed by atoms with Crippen LogP contribution in [0.3, 0.4) is 0 Å². The highest BCUT2D eigenvalue weighted by Crippen LogP contribution is 2.28. The second-order valence-electron chi connectivity index (χ2n) is 6.33. The van der Waals surface area contributed by atoms with E-state index in [9.17, 15) is 0 Å². The fourth-order valence-corrected chi connectivity index (χ4v) is 3.10. The number of aromatic nitrogens is 1. The van der Waals surface area contributed by atoms with Gasteiger partial charge in [0.15, 0.2) is 0 Å². The first kappa shape index (κ1) is 15.3. The number of piperidine rings is 1. The van der Waals surface area contributed by atoms with Crippen LogP contribution >= 0.6 is 0 Å². The normalized spacial score (nSPS) is 16.9. The molecular weight excluding hydrogens is 246 g/mol. The van der Waals surface area contributed by atoms with Crippen molar-refractivity contribution in [3.8, 4) is 0 Å². The molecule has 1 fully saturated rings. The minimum Gasteiger partial charge on any atom is -0.356 e. The van der Waals surface area contributed by atoms with Crippen LogP contribution in [-0.4, -0.2) is 24.6 Å². The van der Waals surface area contributed by atoms with E-state index in [0.717, 1.165) is 38.0 Å². The molecule has 3 nitrogen and oxygen atoms in total. The van der Waals surface area contributed by atoms with Crippen LogP contribution < -0.4 is 10.2 Å². The molecule has 0 radical (unpaired) electrons. The Hall–Kier alpha value is -1.09. The molecule has 20 heavy (non-hydrogen) atoms. The maximum Gasteiger partial charge on any atom is 0.131 e. The van der Waals surface area contributed by atoms with Crippen LogP contribution in [0, 0.1) is 18.8 Å². The number of aryl methyl sites for hydroxylation is 1. The molecule has 2 rings (SSSR count). The zero-order valence-electron chi connectivity index (χ0n) is 13.4. The van der Waals surface area contributed by atoms with Crippen molar-refractivity contribution in [2.75, 3.05) is 24.5 Å². The quantitative estimate of drug-likeness (QED) is 0.893.